The summed E-state index contributed by atoms with van der Waals surface area (Å²) in [7, 11) is 0. The van der Waals surface area contributed by atoms with Gasteiger partial charge in [-0.3, -0.25) is 4.79 Å². The van der Waals surface area contributed by atoms with Crippen LogP contribution in [0.15, 0.2) is 18.2 Å². The third-order valence-corrected chi connectivity index (χ3v) is 4.24. The molecule has 126 valence electrons. The number of hydrogen-bond acceptors (Lipinski definition) is 3. The monoisotopic (exact) mass is 325 g/mol. The molecule has 1 aliphatic rings. The number of halogens is 2. The lowest BCUT2D eigenvalue weighted by atomic mass is 9.86. The Morgan fingerprint density at radius 3 is 2.61 bits per heavy atom. The second kappa shape index (κ2) is 7.53. The molecular formula is C17H21F2NO3. The van der Waals surface area contributed by atoms with Gasteiger partial charge in [0.05, 0.1) is 5.56 Å². The van der Waals surface area contributed by atoms with E-state index in [9.17, 15) is 18.4 Å². The lowest BCUT2D eigenvalue weighted by Gasteiger charge is -2.30. The standard InChI is InChI=1S/C17H21F2NO3/c1-10-5-3-4-6-15(10)20-16(21)11(2)23-17(22)13-8-7-12(18)9-14(13)19/h7-11,15H,3-6H2,1-2H3,(H,20,21)/t10-,11-,15-/m1/s1. The molecule has 1 saturated carbocycles. The summed E-state index contributed by atoms with van der Waals surface area (Å²) in [6, 6.07) is 2.64. The number of amides is 1. The third-order valence-electron chi connectivity index (χ3n) is 4.24. The van der Waals surface area contributed by atoms with Crippen molar-refractivity contribution in [2.45, 2.75) is 51.7 Å². The van der Waals surface area contributed by atoms with Gasteiger partial charge < -0.3 is 10.1 Å². The lowest BCUT2D eigenvalue weighted by molar-refractivity contribution is -0.130. The Kier molecular flexibility index (Phi) is 5.69. The Balaban J connectivity index is 1.93. The van der Waals surface area contributed by atoms with Crippen molar-refractivity contribution in [1.82, 2.24) is 5.32 Å². The van der Waals surface area contributed by atoms with Gasteiger partial charge in [-0.2, -0.15) is 0 Å². The number of carbonyl (C=O) groups is 2. The fraction of sp³-hybridized carbons (Fsp3) is 0.529. The summed E-state index contributed by atoms with van der Waals surface area (Å²) < 4.78 is 31.4. The van der Waals surface area contributed by atoms with Crippen LogP contribution in [0.25, 0.3) is 0 Å². The quantitative estimate of drug-likeness (QED) is 0.865. The number of nitrogens with one attached hydrogen (secondary N) is 1. The minimum Gasteiger partial charge on any atom is -0.449 e. The van der Waals surface area contributed by atoms with E-state index in [0.29, 0.717) is 12.0 Å². The number of esters is 1. The normalized spacial score (nSPS) is 22.3. The van der Waals surface area contributed by atoms with Gasteiger partial charge in [0.2, 0.25) is 0 Å². The van der Waals surface area contributed by atoms with Crippen LogP contribution in [0.2, 0.25) is 0 Å². The second-order valence-electron chi connectivity index (χ2n) is 6.05. The molecule has 0 aromatic heterocycles. The fourth-order valence-corrected chi connectivity index (χ4v) is 2.76. The van der Waals surface area contributed by atoms with E-state index < -0.39 is 35.2 Å². The molecule has 1 aliphatic carbocycles. The molecule has 0 saturated heterocycles. The van der Waals surface area contributed by atoms with Crippen molar-refractivity contribution in [2.75, 3.05) is 0 Å². The van der Waals surface area contributed by atoms with Gasteiger partial charge >= 0.3 is 5.97 Å². The van der Waals surface area contributed by atoms with Gasteiger partial charge in [-0.25, -0.2) is 13.6 Å². The molecule has 23 heavy (non-hydrogen) atoms. The first-order chi connectivity index (χ1) is 10.9. The summed E-state index contributed by atoms with van der Waals surface area (Å²) in [5.74, 6) is -2.80. The summed E-state index contributed by atoms with van der Waals surface area (Å²) in [6.45, 7) is 3.51. The molecule has 0 unspecified atom stereocenters. The predicted octanol–water partition coefficient (Wildman–Crippen LogP) is 3.21. The van der Waals surface area contributed by atoms with E-state index in [0.717, 1.165) is 37.8 Å². The molecule has 4 nitrogen and oxygen atoms in total. The third kappa shape index (κ3) is 4.50. The molecule has 1 aromatic carbocycles. The van der Waals surface area contributed by atoms with E-state index in [2.05, 4.69) is 12.2 Å². The van der Waals surface area contributed by atoms with Crippen molar-refractivity contribution < 1.29 is 23.1 Å². The van der Waals surface area contributed by atoms with Crippen LogP contribution < -0.4 is 5.32 Å². The molecular weight excluding hydrogens is 304 g/mol. The molecule has 1 aromatic rings. The van der Waals surface area contributed by atoms with E-state index in [-0.39, 0.29) is 6.04 Å². The first-order valence-electron chi connectivity index (χ1n) is 7.85. The predicted molar refractivity (Wildman–Crippen MR) is 80.8 cm³/mol. The molecule has 1 fully saturated rings. The number of benzene rings is 1. The van der Waals surface area contributed by atoms with Crippen molar-refractivity contribution in [3.63, 3.8) is 0 Å². The molecule has 1 amide bonds. The minimum absolute atomic E-state index is 0.0694. The molecule has 0 spiro atoms. The molecule has 6 heteroatoms. The zero-order chi connectivity index (χ0) is 17.0. The Morgan fingerprint density at radius 2 is 1.96 bits per heavy atom. The number of carbonyl (C=O) groups excluding carboxylic acids is 2. The first kappa shape index (κ1) is 17.4. The van der Waals surface area contributed by atoms with Crippen molar-refractivity contribution in [1.29, 1.82) is 0 Å². The summed E-state index contributed by atoms with van der Waals surface area (Å²) in [5.41, 5.74) is -0.392. The molecule has 1 N–H and O–H groups in total. The molecule has 2 rings (SSSR count). The lowest BCUT2D eigenvalue weighted by Crippen LogP contribution is -2.46. The van der Waals surface area contributed by atoms with Crippen LogP contribution >= 0.6 is 0 Å². The summed E-state index contributed by atoms with van der Waals surface area (Å²) in [5, 5.41) is 2.88. The smallest absolute Gasteiger partial charge is 0.341 e. The van der Waals surface area contributed by atoms with Gasteiger partial charge in [0, 0.05) is 12.1 Å². The average Bonchev–Trinajstić information content (AvgIpc) is 2.49. The topological polar surface area (TPSA) is 55.4 Å². The van der Waals surface area contributed by atoms with E-state index in [1.165, 1.54) is 6.92 Å². The summed E-state index contributed by atoms with van der Waals surface area (Å²) in [4.78, 5) is 24.0. The van der Waals surface area contributed by atoms with Crippen LogP contribution in [0, 0.1) is 17.6 Å². The fourth-order valence-electron chi connectivity index (χ4n) is 2.76. The van der Waals surface area contributed by atoms with Crippen LogP contribution in [0.4, 0.5) is 8.78 Å². The Morgan fingerprint density at radius 1 is 1.26 bits per heavy atom. The highest BCUT2D eigenvalue weighted by atomic mass is 19.1. The van der Waals surface area contributed by atoms with E-state index in [4.69, 9.17) is 4.74 Å². The van der Waals surface area contributed by atoms with E-state index >= 15 is 0 Å². The van der Waals surface area contributed by atoms with Crippen molar-refractivity contribution in [3.8, 4) is 0 Å². The number of rotatable bonds is 4. The molecule has 0 radical (unpaired) electrons. The van der Waals surface area contributed by atoms with Crippen LogP contribution in [0.3, 0.4) is 0 Å². The Labute approximate surface area is 134 Å². The van der Waals surface area contributed by atoms with Crippen LogP contribution in [0.1, 0.15) is 49.9 Å². The van der Waals surface area contributed by atoms with Gasteiger partial charge in [-0.05, 0) is 37.8 Å². The van der Waals surface area contributed by atoms with E-state index in [1.54, 1.807) is 0 Å². The van der Waals surface area contributed by atoms with Crippen LogP contribution in [0.5, 0.6) is 0 Å². The van der Waals surface area contributed by atoms with Crippen molar-refractivity contribution in [3.05, 3.63) is 35.4 Å². The maximum atomic E-state index is 13.5. The van der Waals surface area contributed by atoms with Gasteiger partial charge in [0.15, 0.2) is 6.10 Å². The molecule has 0 bridgehead atoms. The maximum Gasteiger partial charge on any atom is 0.341 e. The Bertz CT molecular complexity index is 591. The highest BCUT2D eigenvalue weighted by Crippen LogP contribution is 2.23. The molecule has 0 aliphatic heterocycles. The average molecular weight is 325 g/mol. The van der Waals surface area contributed by atoms with Gasteiger partial charge in [0.1, 0.15) is 11.6 Å². The molecule has 0 heterocycles. The van der Waals surface area contributed by atoms with Crippen LogP contribution in [-0.4, -0.2) is 24.0 Å². The zero-order valence-electron chi connectivity index (χ0n) is 13.3. The SMILES string of the molecule is C[C@@H]1CCCC[C@H]1NC(=O)[C@@H](C)OC(=O)c1ccc(F)cc1F. The largest absolute Gasteiger partial charge is 0.449 e. The van der Waals surface area contributed by atoms with Crippen LogP contribution in [-0.2, 0) is 9.53 Å². The van der Waals surface area contributed by atoms with Gasteiger partial charge in [-0.15, -0.1) is 0 Å². The van der Waals surface area contributed by atoms with Gasteiger partial charge in [-0.1, -0.05) is 19.8 Å². The van der Waals surface area contributed by atoms with Crippen molar-refractivity contribution in [2.24, 2.45) is 5.92 Å². The van der Waals surface area contributed by atoms with E-state index in [1.807, 2.05) is 0 Å². The highest BCUT2D eigenvalue weighted by molar-refractivity contribution is 5.92. The van der Waals surface area contributed by atoms with Gasteiger partial charge in [0.25, 0.3) is 5.91 Å². The number of hydrogen-bond donors (Lipinski definition) is 1. The Hall–Kier alpha value is -1.98. The maximum absolute atomic E-state index is 13.5. The molecule has 3 atom stereocenters. The zero-order valence-corrected chi connectivity index (χ0v) is 13.3. The highest BCUT2D eigenvalue weighted by Gasteiger charge is 2.27. The summed E-state index contributed by atoms with van der Waals surface area (Å²) in [6.07, 6.45) is 3.13. The van der Waals surface area contributed by atoms with Crippen molar-refractivity contribution >= 4 is 11.9 Å². The second-order valence-corrected chi connectivity index (χ2v) is 6.05. The minimum atomic E-state index is -1.04. The number of ether oxygens (including phenoxy) is 1. The summed E-state index contributed by atoms with van der Waals surface area (Å²) >= 11 is 0. The first-order valence-corrected chi connectivity index (χ1v) is 7.85.